The molecule has 1 N–H and O–H groups in total. The third-order valence-electron chi connectivity index (χ3n) is 1.33. The molecule has 0 fully saturated rings. The summed E-state index contributed by atoms with van der Waals surface area (Å²) in [5.74, 6) is 0.0231. The molecule has 0 aliphatic heterocycles. The van der Waals surface area contributed by atoms with Crippen LogP contribution in [0.1, 0.15) is 6.92 Å². The number of aromatic hydroxyl groups is 1. The molecule has 1 aromatic rings. The molecule has 4 nitrogen and oxygen atoms in total. The number of pyridine rings is 1. The fraction of sp³-hybridized carbons (Fsp3) is 0.444. The molecule has 0 bridgehead atoms. The normalized spacial score (nSPS) is 8.85. The Kier molecular flexibility index (Phi) is 5.63. The van der Waals surface area contributed by atoms with E-state index in [-0.39, 0.29) is 11.3 Å². The molecule has 0 aliphatic rings. The van der Waals surface area contributed by atoms with Crippen LogP contribution in [0.15, 0.2) is 23.1 Å². The Labute approximate surface area is 77.4 Å². The summed E-state index contributed by atoms with van der Waals surface area (Å²) in [6.45, 7) is 2.57. The maximum atomic E-state index is 10.6. The van der Waals surface area contributed by atoms with Gasteiger partial charge in [-0.25, -0.2) is 0 Å². The van der Waals surface area contributed by atoms with Gasteiger partial charge in [0.1, 0.15) is 0 Å². The smallest absolute Gasteiger partial charge is 0.194 e. The lowest BCUT2D eigenvalue weighted by Crippen LogP contribution is -2.03. The molecule has 1 heterocycles. The fourth-order valence-corrected chi connectivity index (χ4v) is 0.765. The van der Waals surface area contributed by atoms with Crippen molar-refractivity contribution in [3.63, 3.8) is 0 Å². The van der Waals surface area contributed by atoms with E-state index in [1.165, 1.54) is 12.1 Å². The number of hydrogen-bond donors (Lipinski definition) is 1. The van der Waals surface area contributed by atoms with Crippen LogP contribution >= 0.6 is 0 Å². The first-order chi connectivity index (χ1) is 6.15. The molecule has 0 spiro atoms. The molecule has 0 unspecified atom stereocenters. The van der Waals surface area contributed by atoms with E-state index >= 15 is 0 Å². The van der Waals surface area contributed by atoms with E-state index in [1.54, 1.807) is 25.0 Å². The molecule has 0 saturated carbocycles. The zero-order chi connectivity index (χ0) is 10.3. The number of nitrogens with zero attached hydrogens (tertiary/aromatic N) is 1. The van der Waals surface area contributed by atoms with Gasteiger partial charge in [-0.2, -0.15) is 0 Å². The molecule has 74 valence electrons. The summed E-state index contributed by atoms with van der Waals surface area (Å²) in [7, 11) is 3.25. The molecule has 1 aromatic heterocycles. The highest BCUT2D eigenvalue weighted by Gasteiger charge is 1.93. The van der Waals surface area contributed by atoms with Gasteiger partial charge in [0.2, 0.25) is 0 Å². The molecule has 0 aliphatic carbocycles. The van der Waals surface area contributed by atoms with E-state index in [0.717, 1.165) is 0 Å². The highest BCUT2D eigenvalue weighted by atomic mass is 16.4. The van der Waals surface area contributed by atoms with Gasteiger partial charge in [0.15, 0.2) is 11.3 Å². The average molecular weight is 185 g/mol. The maximum Gasteiger partial charge on any atom is 0.194 e. The number of methoxy groups -OCH3 is 1. The van der Waals surface area contributed by atoms with Gasteiger partial charge in [0.05, 0.1) is 0 Å². The quantitative estimate of drug-likeness (QED) is 0.705. The van der Waals surface area contributed by atoms with Gasteiger partial charge in [-0.3, -0.25) is 4.79 Å². The predicted molar refractivity (Wildman–Crippen MR) is 51.0 cm³/mol. The van der Waals surface area contributed by atoms with Crippen LogP contribution in [0, 0.1) is 0 Å². The van der Waals surface area contributed by atoms with Crippen molar-refractivity contribution in [3.05, 3.63) is 28.6 Å². The Bertz CT molecular complexity index is 293. The summed E-state index contributed by atoms with van der Waals surface area (Å²) in [6, 6.07) is 2.62. The van der Waals surface area contributed by atoms with Crippen molar-refractivity contribution in [1.29, 1.82) is 0 Å². The maximum absolute atomic E-state index is 10.6. The molecule has 1 rings (SSSR count). The van der Waals surface area contributed by atoms with Gasteiger partial charge in [-0.1, -0.05) is 0 Å². The SMILES string of the molecule is CCn1ccc(=O)cc1O.COC. The standard InChI is InChI=1S/C7H9NO2.C2H6O/c1-2-8-4-3-6(9)5-7(8)10;1-3-2/h3-5,10H,2H2,1H3;1-2H3. The number of aryl methyl sites for hydroxylation is 1. The minimum absolute atomic E-state index is 0.0231. The Morgan fingerprint density at radius 3 is 2.46 bits per heavy atom. The van der Waals surface area contributed by atoms with Crippen LogP contribution in [-0.2, 0) is 11.3 Å². The largest absolute Gasteiger partial charge is 0.494 e. The van der Waals surface area contributed by atoms with Crippen molar-refractivity contribution >= 4 is 0 Å². The van der Waals surface area contributed by atoms with Crippen LogP contribution < -0.4 is 5.43 Å². The first-order valence-electron chi connectivity index (χ1n) is 3.95. The van der Waals surface area contributed by atoms with Crippen molar-refractivity contribution in [2.75, 3.05) is 14.2 Å². The first kappa shape index (κ1) is 11.7. The minimum atomic E-state index is -0.165. The molecular formula is C9H15NO3. The first-order valence-corrected chi connectivity index (χ1v) is 3.95. The Balaban J connectivity index is 0.000000424. The van der Waals surface area contributed by atoms with E-state index in [4.69, 9.17) is 5.11 Å². The van der Waals surface area contributed by atoms with Gasteiger partial charge < -0.3 is 14.4 Å². The Morgan fingerprint density at radius 1 is 1.54 bits per heavy atom. The zero-order valence-corrected chi connectivity index (χ0v) is 8.15. The summed E-state index contributed by atoms with van der Waals surface area (Å²) in [5, 5.41) is 9.05. The topological polar surface area (TPSA) is 51.5 Å². The second-order valence-electron chi connectivity index (χ2n) is 2.41. The van der Waals surface area contributed by atoms with Gasteiger partial charge in [-0.15, -0.1) is 0 Å². The van der Waals surface area contributed by atoms with Crippen molar-refractivity contribution in [1.82, 2.24) is 4.57 Å². The van der Waals surface area contributed by atoms with Crippen LogP contribution in [-0.4, -0.2) is 23.9 Å². The van der Waals surface area contributed by atoms with Crippen LogP contribution in [0.3, 0.4) is 0 Å². The molecule has 13 heavy (non-hydrogen) atoms. The van der Waals surface area contributed by atoms with Gasteiger partial charge in [-0.05, 0) is 6.92 Å². The van der Waals surface area contributed by atoms with E-state index in [9.17, 15) is 4.79 Å². The van der Waals surface area contributed by atoms with Crippen molar-refractivity contribution in [2.45, 2.75) is 13.5 Å². The van der Waals surface area contributed by atoms with Crippen molar-refractivity contribution < 1.29 is 9.84 Å². The highest BCUT2D eigenvalue weighted by molar-refractivity contribution is 5.10. The molecular weight excluding hydrogens is 170 g/mol. The third kappa shape index (κ3) is 4.32. The molecule has 0 amide bonds. The summed E-state index contributed by atoms with van der Waals surface area (Å²) >= 11 is 0. The Hall–Kier alpha value is -1.29. The van der Waals surface area contributed by atoms with Gasteiger partial charge in [0.25, 0.3) is 0 Å². The summed E-state index contributed by atoms with van der Waals surface area (Å²) in [5.41, 5.74) is -0.165. The fourth-order valence-electron chi connectivity index (χ4n) is 0.765. The third-order valence-corrected chi connectivity index (χ3v) is 1.33. The van der Waals surface area contributed by atoms with Crippen LogP contribution in [0.2, 0.25) is 0 Å². The number of rotatable bonds is 1. The van der Waals surface area contributed by atoms with E-state index in [0.29, 0.717) is 6.54 Å². The molecule has 0 atom stereocenters. The van der Waals surface area contributed by atoms with Gasteiger partial charge in [0, 0.05) is 39.1 Å². The lowest BCUT2D eigenvalue weighted by molar-refractivity contribution is 0.277. The van der Waals surface area contributed by atoms with Crippen LogP contribution in [0.4, 0.5) is 0 Å². The van der Waals surface area contributed by atoms with E-state index in [1.807, 2.05) is 6.92 Å². The van der Waals surface area contributed by atoms with Gasteiger partial charge >= 0.3 is 0 Å². The number of ether oxygens (including phenoxy) is 1. The molecule has 0 aromatic carbocycles. The number of hydrogen-bond acceptors (Lipinski definition) is 3. The summed E-state index contributed by atoms with van der Waals surface area (Å²) < 4.78 is 5.83. The van der Waals surface area contributed by atoms with Crippen LogP contribution in [0.5, 0.6) is 5.88 Å². The average Bonchev–Trinajstić information content (AvgIpc) is 2.06. The number of aromatic nitrogens is 1. The monoisotopic (exact) mass is 185 g/mol. The van der Waals surface area contributed by atoms with Crippen molar-refractivity contribution in [2.24, 2.45) is 0 Å². The second-order valence-corrected chi connectivity index (χ2v) is 2.41. The molecule has 0 radical (unpaired) electrons. The van der Waals surface area contributed by atoms with E-state index in [2.05, 4.69) is 4.74 Å². The second kappa shape index (κ2) is 6.25. The van der Waals surface area contributed by atoms with Crippen molar-refractivity contribution in [3.8, 4) is 5.88 Å². The highest BCUT2D eigenvalue weighted by Crippen LogP contribution is 2.02. The molecule has 0 saturated heterocycles. The predicted octanol–water partition coefficient (Wildman–Crippen LogP) is 0.836. The minimum Gasteiger partial charge on any atom is -0.494 e. The summed E-state index contributed by atoms with van der Waals surface area (Å²) in [4.78, 5) is 10.6. The lowest BCUT2D eigenvalue weighted by Gasteiger charge is -2.02. The van der Waals surface area contributed by atoms with Crippen LogP contribution in [0.25, 0.3) is 0 Å². The zero-order valence-electron chi connectivity index (χ0n) is 8.15. The molecule has 4 heteroatoms. The Morgan fingerprint density at radius 2 is 2.08 bits per heavy atom. The van der Waals surface area contributed by atoms with E-state index < -0.39 is 0 Å². The lowest BCUT2D eigenvalue weighted by atomic mass is 10.4. The summed E-state index contributed by atoms with van der Waals surface area (Å²) in [6.07, 6.45) is 1.57.